The van der Waals surface area contributed by atoms with E-state index in [-0.39, 0.29) is 0 Å². The first-order valence-corrected chi connectivity index (χ1v) is 9.33. The van der Waals surface area contributed by atoms with Gasteiger partial charge in [-0.05, 0) is 38.1 Å². The monoisotopic (exact) mass is 331 g/mol. The molecule has 0 atom stereocenters. The van der Waals surface area contributed by atoms with Gasteiger partial charge in [0.2, 0.25) is 5.95 Å². The number of fused-ring (bicyclic) bond motifs is 1. The van der Waals surface area contributed by atoms with Crippen LogP contribution in [0.25, 0.3) is 0 Å². The van der Waals surface area contributed by atoms with E-state index in [4.69, 9.17) is 9.97 Å². The molecule has 0 unspecified atom stereocenters. The third-order valence-corrected chi connectivity index (χ3v) is 5.21. The Kier molecular flexibility index (Phi) is 4.82. The molecule has 1 aromatic rings. The lowest BCUT2D eigenvalue weighted by atomic mass is 10.1. The van der Waals surface area contributed by atoms with Crippen molar-refractivity contribution in [3.05, 3.63) is 11.3 Å². The predicted molar refractivity (Wildman–Crippen MR) is 96.3 cm³/mol. The fourth-order valence-electron chi connectivity index (χ4n) is 3.51. The summed E-state index contributed by atoms with van der Waals surface area (Å²) >= 11 is 0. The lowest BCUT2D eigenvalue weighted by Gasteiger charge is -2.24. The number of nitrogens with zero attached hydrogens (tertiary/aromatic N) is 3. The molecule has 1 saturated heterocycles. The minimum Gasteiger partial charge on any atom is -0.359 e. The molecule has 0 amide bonds. The summed E-state index contributed by atoms with van der Waals surface area (Å²) in [5, 5.41) is 6.98. The third kappa shape index (κ3) is 3.79. The maximum Gasteiger partial charge on any atom is 0.225 e. The van der Waals surface area contributed by atoms with Crippen molar-refractivity contribution in [2.75, 3.05) is 50.0 Å². The van der Waals surface area contributed by atoms with Crippen LogP contribution in [0.1, 0.15) is 30.5 Å². The van der Waals surface area contributed by atoms with E-state index in [1.807, 2.05) is 0 Å². The maximum absolute atomic E-state index is 4.90. The Bertz CT molecular complexity index is 566. The third-order valence-electron chi connectivity index (χ3n) is 5.21. The van der Waals surface area contributed by atoms with Crippen molar-refractivity contribution >= 4 is 11.8 Å². The molecule has 0 radical (unpaired) electrons. The van der Waals surface area contributed by atoms with E-state index >= 15 is 0 Å². The number of anilines is 2. The van der Waals surface area contributed by atoms with E-state index in [0.717, 1.165) is 57.3 Å². The Morgan fingerprint density at radius 3 is 2.71 bits per heavy atom. The SMILES string of the molecule is CN(CCC1CNNC1)c1nc(NC2CC2)nc2c1CCNCC2. The molecule has 1 saturated carbocycles. The Morgan fingerprint density at radius 1 is 1.12 bits per heavy atom. The fraction of sp³-hybridized carbons (Fsp3) is 0.765. The van der Waals surface area contributed by atoms with Gasteiger partial charge in [0.25, 0.3) is 0 Å². The molecule has 7 heteroatoms. The summed E-state index contributed by atoms with van der Waals surface area (Å²) in [6.07, 6.45) is 5.68. The minimum absolute atomic E-state index is 0.584. The second kappa shape index (κ2) is 7.21. The van der Waals surface area contributed by atoms with Crippen LogP contribution in [0.3, 0.4) is 0 Å². The standard InChI is InChI=1S/C17H29N7/c1-24(9-6-12-10-19-20-11-12)16-14-4-7-18-8-5-15(14)22-17(23-16)21-13-2-3-13/h12-13,18-20H,2-11H2,1H3,(H,21,22,23). The molecule has 24 heavy (non-hydrogen) atoms. The van der Waals surface area contributed by atoms with E-state index in [0.29, 0.717) is 12.0 Å². The normalized spacial score (nSPS) is 21.4. The topological polar surface area (TPSA) is 77.1 Å². The number of hydrogen-bond donors (Lipinski definition) is 4. The molecule has 0 bridgehead atoms. The van der Waals surface area contributed by atoms with E-state index in [2.05, 4.69) is 33.4 Å². The first kappa shape index (κ1) is 16.1. The number of nitrogens with one attached hydrogen (secondary N) is 4. The van der Waals surface area contributed by atoms with Gasteiger partial charge in [0.05, 0.1) is 5.69 Å². The number of aromatic nitrogens is 2. The van der Waals surface area contributed by atoms with Crippen molar-refractivity contribution in [2.24, 2.45) is 5.92 Å². The molecule has 2 fully saturated rings. The first-order valence-electron chi connectivity index (χ1n) is 9.33. The van der Waals surface area contributed by atoms with Gasteiger partial charge >= 0.3 is 0 Å². The zero-order chi connectivity index (χ0) is 16.4. The van der Waals surface area contributed by atoms with Gasteiger partial charge in [0.1, 0.15) is 5.82 Å². The molecule has 4 N–H and O–H groups in total. The molecule has 2 aliphatic heterocycles. The van der Waals surface area contributed by atoms with Crippen LogP contribution in [0.2, 0.25) is 0 Å². The molecule has 1 aliphatic carbocycles. The van der Waals surface area contributed by atoms with Gasteiger partial charge in [-0.3, -0.25) is 10.9 Å². The Labute approximate surface area is 144 Å². The van der Waals surface area contributed by atoms with Crippen LogP contribution < -0.4 is 26.4 Å². The molecule has 132 valence electrons. The van der Waals surface area contributed by atoms with Crippen molar-refractivity contribution in [2.45, 2.75) is 38.1 Å². The van der Waals surface area contributed by atoms with Crippen LogP contribution in [0, 0.1) is 5.92 Å². The summed E-state index contributed by atoms with van der Waals surface area (Å²) in [5.74, 6) is 2.66. The summed E-state index contributed by atoms with van der Waals surface area (Å²) in [6, 6.07) is 0.584. The number of rotatable bonds is 6. The highest BCUT2D eigenvalue weighted by atomic mass is 15.4. The molecule has 3 heterocycles. The quantitative estimate of drug-likeness (QED) is 0.597. The lowest BCUT2D eigenvalue weighted by Crippen LogP contribution is -2.26. The highest BCUT2D eigenvalue weighted by Gasteiger charge is 2.25. The molecule has 0 aromatic carbocycles. The average Bonchev–Trinajstić information content (AvgIpc) is 3.30. The molecule has 1 aromatic heterocycles. The smallest absolute Gasteiger partial charge is 0.225 e. The average molecular weight is 331 g/mol. The summed E-state index contributed by atoms with van der Waals surface area (Å²) in [4.78, 5) is 12.1. The van der Waals surface area contributed by atoms with Gasteiger partial charge in [-0.2, -0.15) is 4.98 Å². The van der Waals surface area contributed by atoms with Gasteiger partial charge in [-0.1, -0.05) is 0 Å². The van der Waals surface area contributed by atoms with Crippen LogP contribution in [-0.4, -0.2) is 55.8 Å². The first-order chi connectivity index (χ1) is 11.8. The van der Waals surface area contributed by atoms with E-state index < -0.39 is 0 Å². The fourth-order valence-corrected chi connectivity index (χ4v) is 3.51. The molecule has 0 spiro atoms. The zero-order valence-corrected chi connectivity index (χ0v) is 14.6. The van der Waals surface area contributed by atoms with Gasteiger partial charge < -0.3 is 15.5 Å². The van der Waals surface area contributed by atoms with Crippen LogP contribution in [0.15, 0.2) is 0 Å². The van der Waals surface area contributed by atoms with Gasteiger partial charge in [-0.25, -0.2) is 4.98 Å². The van der Waals surface area contributed by atoms with Crippen LogP contribution in [-0.2, 0) is 12.8 Å². The highest BCUT2D eigenvalue weighted by Crippen LogP contribution is 2.28. The molecule has 4 rings (SSSR count). The zero-order valence-electron chi connectivity index (χ0n) is 14.6. The van der Waals surface area contributed by atoms with E-state index in [9.17, 15) is 0 Å². The largest absolute Gasteiger partial charge is 0.359 e. The van der Waals surface area contributed by atoms with Crippen LogP contribution >= 0.6 is 0 Å². The Morgan fingerprint density at radius 2 is 1.92 bits per heavy atom. The second-order valence-electron chi connectivity index (χ2n) is 7.30. The molecule has 7 nitrogen and oxygen atoms in total. The van der Waals surface area contributed by atoms with Gasteiger partial charge in [-0.15, -0.1) is 0 Å². The van der Waals surface area contributed by atoms with Crippen molar-refractivity contribution in [3.8, 4) is 0 Å². The number of hydrazine groups is 1. The van der Waals surface area contributed by atoms with Crippen molar-refractivity contribution in [3.63, 3.8) is 0 Å². The summed E-state index contributed by atoms with van der Waals surface area (Å²) < 4.78 is 0. The summed E-state index contributed by atoms with van der Waals surface area (Å²) in [7, 11) is 2.18. The van der Waals surface area contributed by atoms with Crippen LogP contribution in [0.5, 0.6) is 0 Å². The Hall–Kier alpha value is -1.44. The Balaban J connectivity index is 1.53. The summed E-state index contributed by atoms with van der Waals surface area (Å²) in [6.45, 7) is 5.19. The lowest BCUT2D eigenvalue weighted by molar-refractivity contribution is 0.555. The van der Waals surface area contributed by atoms with Gasteiger partial charge in [0, 0.05) is 51.3 Å². The molecular weight excluding hydrogens is 302 g/mol. The van der Waals surface area contributed by atoms with E-state index in [1.165, 1.54) is 30.5 Å². The molecular formula is C17H29N7. The van der Waals surface area contributed by atoms with Crippen molar-refractivity contribution in [1.29, 1.82) is 0 Å². The van der Waals surface area contributed by atoms with Crippen LogP contribution in [0.4, 0.5) is 11.8 Å². The predicted octanol–water partition coefficient (Wildman–Crippen LogP) is 0.289. The van der Waals surface area contributed by atoms with E-state index in [1.54, 1.807) is 0 Å². The number of hydrogen-bond acceptors (Lipinski definition) is 7. The van der Waals surface area contributed by atoms with Crippen molar-refractivity contribution < 1.29 is 0 Å². The highest BCUT2D eigenvalue weighted by molar-refractivity contribution is 5.53. The second-order valence-corrected chi connectivity index (χ2v) is 7.30. The molecule has 3 aliphatic rings. The minimum atomic E-state index is 0.584. The maximum atomic E-state index is 4.90. The van der Waals surface area contributed by atoms with Crippen molar-refractivity contribution in [1.82, 2.24) is 26.1 Å². The summed E-state index contributed by atoms with van der Waals surface area (Å²) in [5.41, 5.74) is 9.00. The van der Waals surface area contributed by atoms with Gasteiger partial charge in [0.15, 0.2) is 0 Å².